The van der Waals surface area contributed by atoms with Crippen LogP contribution in [0.4, 0.5) is 5.95 Å². The molecule has 0 saturated heterocycles. The number of ether oxygens (including phenoxy) is 1. The summed E-state index contributed by atoms with van der Waals surface area (Å²) < 4.78 is 5.32. The average Bonchev–Trinajstić information content (AvgIpc) is 2.26. The molecule has 0 atom stereocenters. The second-order valence-electron chi connectivity index (χ2n) is 4.71. The zero-order valence-corrected chi connectivity index (χ0v) is 11.3. The van der Waals surface area contributed by atoms with Gasteiger partial charge in [-0.2, -0.15) is 4.98 Å². The number of nitrogens with zero attached hydrogens (tertiary/aromatic N) is 2. The van der Waals surface area contributed by atoms with Crippen LogP contribution < -0.4 is 15.8 Å². The first-order chi connectivity index (χ1) is 8.35. The largest absolute Gasteiger partial charge is 0.478 e. The Kier molecular flexibility index (Phi) is 4.47. The Hall–Kier alpha value is -1.85. The van der Waals surface area contributed by atoms with Gasteiger partial charge in [0, 0.05) is 18.3 Å². The maximum absolute atomic E-state index is 11.2. The molecule has 0 spiro atoms. The number of nitrogens with one attached hydrogen (secondary N) is 1. The first-order valence-electron chi connectivity index (χ1n) is 5.87. The predicted molar refractivity (Wildman–Crippen MR) is 69.4 cm³/mol. The molecule has 1 heterocycles. The Bertz CT molecular complexity index is 432. The Morgan fingerprint density at radius 1 is 1.50 bits per heavy atom. The first-order valence-corrected chi connectivity index (χ1v) is 5.87. The molecule has 1 aromatic rings. The van der Waals surface area contributed by atoms with Crippen molar-refractivity contribution in [2.24, 2.45) is 11.1 Å². The van der Waals surface area contributed by atoms with Crippen molar-refractivity contribution in [1.29, 1.82) is 0 Å². The van der Waals surface area contributed by atoms with Gasteiger partial charge < -0.3 is 15.8 Å². The summed E-state index contributed by atoms with van der Waals surface area (Å²) in [7, 11) is 0. The molecule has 0 aliphatic heterocycles. The normalized spacial score (nSPS) is 11.1. The van der Waals surface area contributed by atoms with E-state index < -0.39 is 5.41 Å². The van der Waals surface area contributed by atoms with Crippen LogP contribution in [0, 0.1) is 12.3 Å². The van der Waals surface area contributed by atoms with Crippen LogP contribution in [0.5, 0.6) is 5.88 Å². The minimum Gasteiger partial charge on any atom is -0.478 e. The van der Waals surface area contributed by atoms with Crippen molar-refractivity contribution in [3.8, 4) is 5.88 Å². The van der Waals surface area contributed by atoms with E-state index in [-0.39, 0.29) is 5.91 Å². The molecule has 6 nitrogen and oxygen atoms in total. The van der Waals surface area contributed by atoms with Crippen molar-refractivity contribution >= 4 is 11.9 Å². The molecule has 0 unspecified atom stereocenters. The van der Waals surface area contributed by atoms with Crippen LogP contribution in [-0.4, -0.2) is 29.0 Å². The van der Waals surface area contributed by atoms with E-state index in [9.17, 15) is 4.79 Å². The number of aryl methyl sites for hydroxylation is 1. The molecule has 100 valence electrons. The molecule has 0 aliphatic carbocycles. The molecule has 0 bridgehead atoms. The third-order valence-electron chi connectivity index (χ3n) is 2.48. The number of hydrogen-bond acceptors (Lipinski definition) is 5. The van der Waals surface area contributed by atoms with Gasteiger partial charge in [-0.1, -0.05) is 0 Å². The van der Waals surface area contributed by atoms with Gasteiger partial charge in [0.15, 0.2) is 0 Å². The van der Waals surface area contributed by atoms with Gasteiger partial charge in [0.25, 0.3) is 0 Å². The molecule has 1 amide bonds. The van der Waals surface area contributed by atoms with Crippen molar-refractivity contribution < 1.29 is 9.53 Å². The fourth-order valence-corrected chi connectivity index (χ4v) is 1.23. The minimum absolute atomic E-state index is 0.368. The molecule has 0 fully saturated rings. The van der Waals surface area contributed by atoms with Crippen molar-refractivity contribution in [3.05, 3.63) is 11.8 Å². The Labute approximate surface area is 107 Å². The molecule has 1 rings (SSSR count). The monoisotopic (exact) mass is 252 g/mol. The van der Waals surface area contributed by atoms with Gasteiger partial charge in [0.2, 0.25) is 17.7 Å². The number of aromatic nitrogens is 2. The topological polar surface area (TPSA) is 90.1 Å². The van der Waals surface area contributed by atoms with Crippen LogP contribution in [0.1, 0.15) is 26.5 Å². The highest BCUT2D eigenvalue weighted by Crippen LogP contribution is 2.16. The van der Waals surface area contributed by atoms with Crippen LogP contribution in [-0.2, 0) is 4.79 Å². The van der Waals surface area contributed by atoms with E-state index >= 15 is 0 Å². The Morgan fingerprint density at radius 2 is 2.17 bits per heavy atom. The summed E-state index contributed by atoms with van der Waals surface area (Å²) in [6.45, 7) is 8.19. The molecule has 6 heteroatoms. The van der Waals surface area contributed by atoms with Gasteiger partial charge in [-0.25, -0.2) is 4.98 Å². The maximum atomic E-state index is 11.2. The van der Waals surface area contributed by atoms with E-state index in [1.54, 1.807) is 19.9 Å². The highest BCUT2D eigenvalue weighted by molar-refractivity contribution is 5.80. The van der Waals surface area contributed by atoms with E-state index in [4.69, 9.17) is 10.5 Å². The Balaban J connectivity index is 2.76. The standard InChI is InChI=1S/C12H20N4O2/c1-5-18-9-6-8(2)15-11(16-9)14-7-12(3,4)10(13)17/h6H,5,7H2,1-4H3,(H2,13,17)(H,14,15,16). The molecule has 0 aromatic carbocycles. The van der Waals surface area contributed by atoms with E-state index in [0.29, 0.717) is 25.0 Å². The number of amides is 1. The van der Waals surface area contributed by atoms with E-state index in [2.05, 4.69) is 15.3 Å². The van der Waals surface area contributed by atoms with Crippen molar-refractivity contribution in [1.82, 2.24) is 9.97 Å². The molecule has 3 N–H and O–H groups in total. The van der Waals surface area contributed by atoms with Crippen LogP contribution in [0.3, 0.4) is 0 Å². The molecule has 18 heavy (non-hydrogen) atoms. The van der Waals surface area contributed by atoms with Crippen LogP contribution >= 0.6 is 0 Å². The lowest BCUT2D eigenvalue weighted by atomic mass is 9.93. The van der Waals surface area contributed by atoms with Crippen molar-refractivity contribution in [3.63, 3.8) is 0 Å². The Morgan fingerprint density at radius 3 is 2.72 bits per heavy atom. The third kappa shape index (κ3) is 3.87. The SMILES string of the molecule is CCOc1cc(C)nc(NCC(C)(C)C(N)=O)n1. The van der Waals surface area contributed by atoms with Gasteiger partial charge in [-0.15, -0.1) is 0 Å². The fourth-order valence-electron chi connectivity index (χ4n) is 1.23. The van der Waals surface area contributed by atoms with Crippen molar-refractivity contribution in [2.75, 3.05) is 18.5 Å². The lowest BCUT2D eigenvalue weighted by molar-refractivity contribution is -0.125. The number of carbonyl (C=O) groups is 1. The quantitative estimate of drug-likeness (QED) is 0.791. The zero-order chi connectivity index (χ0) is 13.8. The number of nitrogens with two attached hydrogens (primary N) is 1. The summed E-state index contributed by atoms with van der Waals surface area (Å²) in [6.07, 6.45) is 0. The highest BCUT2D eigenvalue weighted by Gasteiger charge is 2.24. The molecular weight excluding hydrogens is 232 g/mol. The van der Waals surface area contributed by atoms with E-state index in [1.807, 2.05) is 13.8 Å². The number of hydrogen-bond donors (Lipinski definition) is 2. The van der Waals surface area contributed by atoms with Gasteiger partial charge in [0.05, 0.1) is 12.0 Å². The van der Waals surface area contributed by atoms with E-state index in [1.165, 1.54) is 0 Å². The molecule has 1 aromatic heterocycles. The first kappa shape index (κ1) is 14.2. The van der Waals surface area contributed by atoms with Gasteiger partial charge >= 0.3 is 0 Å². The minimum atomic E-state index is -0.654. The second-order valence-corrected chi connectivity index (χ2v) is 4.71. The van der Waals surface area contributed by atoms with Crippen LogP contribution in [0.2, 0.25) is 0 Å². The summed E-state index contributed by atoms with van der Waals surface area (Å²) in [6, 6.07) is 1.76. The van der Waals surface area contributed by atoms with Crippen LogP contribution in [0.15, 0.2) is 6.07 Å². The van der Waals surface area contributed by atoms with Gasteiger partial charge in [0.1, 0.15) is 0 Å². The molecule has 0 aliphatic rings. The van der Waals surface area contributed by atoms with Gasteiger partial charge in [-0.3, -0.25) is 4.79 Å². The average molecular weight is 252 g/mol. The van der Waals surface area contributed by atoms with Gasteiger partial charge in [-0.05, 0) is 27.7 Å². The molecular formula is C12H20N4O2. The fraction of sp³-hybridized carbons (Fsp3) is 0.583. The number of rotatable bonds is 6. The summed E-state index contributed by atoms with van der Waals surface area (Å²) in [4.78, 5) is 19.6. The second kappa shape index (κ2) is 5.66. The van der Waals surface area contributed by atoms with Crippen LogP contribution in [0.25, 0.3) is 0 Å². The summed E-state index contributed by atoms with van der Waals surface area (Å²) in [5, 5.41) is 3.00. The summed E-state index contributed by atoms with van der Waals surface area (Å²) in [5.41, 5.74) is 5.44. The number of primary amides is 1. The molecule has 0 saturated carbocycles. The molecule has 0 radical (unpaired) electrons. The maximum Gasteiger partial charge on any atom is 0.226 e. The zero-order valence-electron chi connectivity index (χ0n) is 11.3. The highest BCUT2D eigenvalue weighted by atomic mass is 16.5. The number of carbonyl (C=O) groups excluding carboxylic acids is 1. The summed E-state index contributed by atoms with van der Waals surface area (Å²) >= 11 is 0. The van der Waals surface area contributed by atoms with Crippen molar-refractivity contribution in [2.45, 2.75) is 27.7 Å². The predicted octanol–water partition coefficient (Wildman–Crippen LogP) is 1.11. The third-order valence-corrected chi connectivity index (χ3v) is 2.48. The lowest BCUT2D eigenvalue weighted by Crippen LogP contribution is -2.37. The smallest absolute Gasteiger partial charge is 0.226 e. The van der Waals surface area contributed by atoms with E-state index in [0.717, 1.165) is 5.69 Å². The lowest BCUT2D eigenvalue weighted by Gasteiger charge is -2.20. The summed E-state index contributed by atoms with van der Waals surface area (Å²) in [5.74, 6) is 0.588. The number of anilines is 1.